The lowest BCUT2D eigenvalue weighted by Crippen LogP contribution is -2.53. The minimum Gasteiger partial charge on any atom is -0.352 e. The van der Waals surface area contributed by atoms with Crippen LogP contribution in [0.5, 0.6) is 0 Å². The summed E-state index contributed by atoms with van der Waals surface area (Å²) in [7, 11) is 2.01. The Morgan fingerprint density at radius 3 is 2.57 bits per heavy atom. The maximum atomic E-state index is 12.6. The number of likely N-dealkylation sites (tertiary alicyclic amines) is 1. The Kier molecular flexibility index (Phi) is 6.97. The molecule has 0 radical (unpaired) electrons. The van der Waals surface area contributed by atoms with Gasteiger partial charge < -0.3 is 10.6 Å². The van der Waals surface area contributed by atoms with Crippen LogP contribution in [0.3, 0.4) is 0 Å². The van der Waals surface area contributed by atoms with Crippen molar-refractivity contribution in [2.75, 3.05) is 20.1 Å². The molecule has 0 aromatic heterocycles. The lowest BCUT2D eigenvalue weighted by atomic mass is 9.94. The molecule has 0 aromatic rings. The number of carbonyl (C=O) groups is 1. The molecule has 122 valence electrons. The fourth-order valence-corrected chi connectivity index (χ4v) is 3.87. The number of hydrogen-bond donors (Lipinski definition) is 2. The monoisotopic (exact) mass is 295 g/mol. The first-order chi connectivity index (χ1) is 10.2. The van der Waals surface area contributed by atoms with Crippen LogP contribution < -0.4 is 10.6 Å². The van der Waals surface area contributed by atoms with E-state index in [9.17, 15) is 4.79 Å². The number of nitrogens with zero attached hydrogens (tertiary/aromatic N) is 1. The Bertz CT molecular complexity index is 315. The van der Waals surface area contributed by atoms with Gasteiger partial charge in [0.05, 0.1) is 6.04 Å². The van der Waals surface area contributed by atoms with Crippen LogP contribution in [0, 0.1) is 0 Å². The summed E-state index contributed by atoms with van der Waals surface area (Å²) in [5, 5.41) is 6.54. The fourth-order valence-electron chi connectivity index (χ4n) is 3.87. The lowest BCUT2D eigenvalue weighted by Gasteiger charge is -2.40. The molecule has 2 unspecified atom stereocenters. The van der Waals surface area contributed by atoms with Crippen molar-refractivity contribution in [2.24, 2.45) is 0 Å². The molecule has 2 N–H and O–H groups in total. The molecule has 1 amide bonds. The van der Waals surface area contributed by atoms with E-state index in [1.807, 2.05) is 7.05 Å². The summed E-state index contributed by atoms with van der Waals surface area (Å²) in [6.45, 7) is 4.21. The third kappa shape index (κ3) is 4.96. The molecule has 21 heavy (non-hydrogen) atoms. The van der Waals surface area contributed by atoms with E-state index >= 15 is 0 Å². The summed E-state index contributed by atoms with van der Waals surface area (Å²) in [4.78, 5) is 15.0. The number of carbonyl (C=O) groups excluding carboxylic acids is 1. The third-order valence-electron chi connectivity index (χ3n) is 5.23. The highest BCUT2D eigenvalue weighted by Crippen LogP contribution is 2.23. The molecule has 1 aliphatic heterocycles. The molecule has 2 atom stereocenters. The van der Waals surface area contributed by atoms with Gasteiger partial charge in [-0.2, -0.15) is 0 Å². The maximum Gasteiger partial charge on any atom is 0.237 e. The van der Waals surface area contributed by atoms with Gasteiger partial charge in [-0.1, -0.05) is 25.7 Å². The van der Waals surface area contributed by atoms with Crippen LogP contribution >= 0.6 is 0 Å². The van der Waals surface area contributed by atoms with Crippen molar-refractivity contribution in [1.29, 1.82) is 0 Å². The van der Waals surface area contributed by atoms with Crippen molar-refractivity contribution >= 4 is 5.91 Å². The van der Waals surface area contributed by atoms with Crippen molar-refractivity contribution in [3.8, 4) is 0 Å². The number of amides is 1. The van der Waals surface area contributed by atoms with Gasteiger partial charge in [-0.3, -0.25) is 9.69 Å². The van der Waals surface area contributed by atoms with Gasteiger partial charge in [0.2, 0.25) is 5.91 Å². The zero-order valence-corrected chi connectivity index (χ0v) is 13.9. The molecule has 4 nitrogen and oxygen atoms in total. The minimum absolute atomic E-state index is 0.0223. The minimum atomic E-state index is 0.0223. The van der Waals surface area contributed by atoms with E-state index in [2.05, 4.69) is 22.5 Å². The van der Waals surface area contributed by atoms with E-state index in [-0.39, 0.29) is 11.9 Å². The summed E-state index contributed by atoms with van der Waals surface area (Å²) >= 11 is 0. The Morgan fingerprint density at radius 2 is 1.86 bits per heavy atom. The Hall–Kier alpha value is -0.610. The highest BCUT2D eigenvalue weighted by Gasteiger charge is 2.30. The average molecular weight is 295 g/mol. The van der Waals surface area contributed by atoms with E-state index < -0.39 is 0 Å². The zero-order valence-electron chi connectivity index (χ0n) is 13.9. The molecule has 2 aliphatic rings. The predicted molar refractivity (Wildman–Crippen MR) is 87.4 cm³/mol. The third-order valence-corrected chi connectivity index (χ3v) is 5.23. The molecule has 1 saturated heterocycles. The summed E-state index contributed by atoms with van der Waals surface area (Å²) in [6, 6.07) is 1.02. The Balaban J connectivity index is 1.85. The average Bonchev–Trinajstić information content (AvgIpc) is 2.53. The van der Waals surface area contributed by atoms with Crippen LogP contribution in [0.2, 0.25) is 0 Å². The van der Waals surface area contributed by atoms with E-state index in [0.717, 1.165) is 19.5 Å². The predicted octanol–water partition coefficient (Wildman–Crippen LogP) is 2.29. The van der Waals surface area contributed by atoms with Crippen LogP contribution in [-0.2, 0) is 4.79 Å². The van der Waals surface area contributed by atoms with E-state index in [0.29, 0.717) is 12.1 Å². The van der Waals surface area contributed by atoms with Crippen LogP contribution in [0.4, 0.5) is 0 Å². The number of piperidine rings is 1. The summed E-state index contributed by atoms with van der Waals surface area (Å²) in [5.41, 5.74) is 0. The van der Waals surface area contributed by atoms with Gasteiger partial charge in [0.1, 0.15) is 0 Å². The first-order valence-corrected chi connectivity index (χ1v) is 8.93. The summed E-state index contributed by atoms with van der Waals surface area (Å²) in [6.07, 6.45) is 11.1. The fraction of sp³-hybridized carbons (Fsp3) is 0.941. The molecule has 0 spiro atoms. The second-order valence-corrected chi connectivity index (χ2v) is 6.80. The largest absolute Gasteiger partial charge is 0.352 e. The molecular formula is C17H33N3O. The van der Waals surface area contributed by atoms with Crippen LogP contribution in [0.25, 0.3) is 0 Å². The normalized spacial score (nSPS) is 26.5. The molecule has 0 bridgehead atoms. The van der Waals surface area contributed by atoms with Crippen molar-refractivity contribution < 1.29 is 4.79 Å². The smallest absolute Gasteiger partial charge is 0.237 e. The van der Waals surface area contributed by atoms with Gasteiger partial charge in [0.15, 0.2) is 0 Å². The first kappa shape index (κ1) is 16.8. The Morgan fingerprint density at radius 1 is 1.14 bits per heavy atom. The number of rotatable bonds is 6. The summed E-state index contributed by atoms with van der Waals surface area (Å²) in [5.74, 6) is 0.248. The summed E-state index contributed by atoms with van der Waals surface area (Å²) < 4.78 is 0. The van der Waals surface area contributed by atoms with Crippen molar-refractivity contribution in [3.63, 3.8) is 0 Å². The zero-order chi connectivity index (χ0) is 15.1. The van der Waals surface area contributed by atoms with E-state index in [1.54, 1.807) is 0 Å². The van der Waals surface area contributed by atoms with Gasteiger partial charge in [0.25, 0.3) is 0 Å². The van der Waals surface area contributed by atoms with Gasteiger partial charge >= 0.3 is 0 Å². The highest BCUT2D eigenvalue weighted by atomic mass is 16.2. The molecule has 0 aromatic carbocycles. The number of nitrogens with one attached hydrogen (secondary N) is 2. The molecular weight excluding hydrogens is 262 g/mol. The van der Waals surface area contributed by atoms with Gasteiger partial charge in [-0.25, -0.2) is 0 Å². The van der Waals surface area contributed by atoms with Crippen molar-refractivity contribution in [2.45, 2.75) is 82.8 Å². The highest BCUT2D eigenvalue weighted by molar-refractivity contribution is 5.81. The Labute approximate surface area is 130 Å². The number of hydrogen-bond acceptors (Lipinski definition) is 3. The van der Waals surface area contributed by atoms with Crippen molar-refractivity contribution in [3.05, 3.63) is 0 Å². The standard InChI is InChI=1S/C17H33N3O/c1-14(17(21)19-15-8-4-3-5-9-15)20-13-7-6-10-16(20)11-12-18-2/h14-16,18H,3-13H2,1-2H3,(H,19,21). The van der Waals surface area contributed by atoms with Gasteiger partial charge in [-0.05, 0) is 59.2 Å². The van der Waals surface area contributed by atoms with E-state index in [1.165, 1.54) is 51.4 Å². The SMILES string of the molecule is CNCCC1CCCCN1C(C)C(=O)NC1CCCCC1. The van der Waals surface area contributed by atoms with Crippen LogP contribution in [0.15, 0.2) is 0 Å². The second-order valence-electron chi connectivity index (χ2n) is 6.80. The van der Waals surface area contributed by atoms with Crippen LogP contribution in [-0.4, -0.2) is 49.1 Å². The quantitative estimate of drug-likeness (QED) is 0.790. The lowest BCUT2D eigenvalue weighted by molar-refractivity contribution is -0.128. The van der Waals surface area contributed by atoms with E-state index in [4.69, 9.17) is 0 Å². The van der Waals surface area contributed by atoms with Gasteiger partial charge in [-0.15, -0.1) is 0 Å². The maximum absolute atomic E-state index is 12.6. The molecule has 1 heterocycles. The molecule has 2 fully saturated rings. The molecule has 2 rings (SSSR count). The van der Waals surface area contributed by atoms with Gasteiger partial charge in [0, 0.05) is 12.1 Å². The molecule has 4 heteroatoms. The second kappa shape index (κ2) is 8.74. The van der Waals surface area contributed by atoms with Crippen LogP contribution in [0.1, 0.15) is 64.7 Å². The topological polar surface area (TPSA) is 44.4 Å². The molecule has 1 saturated carbocycles. The first-order valence-electron chi connectivity index (χ1n) is 8.93. The van der Waals surface area contributed by atoms with Crippen molar-refractivity contribution in [1.82, 2.24) is 15.5 Å². The molecule has 1 aliphatic carbocycles.